The zero-order valence-corrected chi connectivity index (χ0v) is 15.2. The second-order valence-corrected chi connectivity index (χ2v) is 6.83. The van der Waals surface area contributed by atoms with Gasteiger partial charge < -0.3 is 19.5 Å². The molecule has 6 heteroatoms. The number of benzene rings is 1. The van der Waals surface area contributed by atoms with Crippen LogP contribution in [-0.4, -0.2) is 43.3 Å². The molecule has 0 spiro atoms. The Kier molecular flexibility index (Phi) is 6.82. The number of rotatable bonds is 8. The summed E-state index contributed by atoms with van der Waals surface area (Å²) in [5, 5.41) is 2.82. The van der Waals surface area contributed by atoms with Crippen molar-refractivity contribution in [2.75, 3.05) is 19.8 Å². The highest BCUT2D eigenvalue weighted by Gasteiger charge is 2.19. The summed E-state index contributed by atoms with van der Waals surface area (Å²) < 4.78 is 16.2. The van der Waals surface area contributed by atoms with Crippen molar-refractivity contribution in [1.82, 2.24) is 5.32 Å². The first kappa shape index (κ1) is 19.2. The van der Waals surface area contributed by atoms with E-state index >= 15 is 0 Å². The van der Waals surface area contributed by atoms with Crippen LogP contribution in [0.3, 0.4) is 0 Å². The Hall–Kier alpha value is -2.08. The fourth-order valence-corrected chi connectivity index (χ4v) is 2.37. The zero-order chi connectivity index (χ0) is 18.3. The Morgan fingerprint density at radius 3 is 2.60 bits per heavy atom. The van der Waals surface area contributed by atoms with Crippen molar-refractivity contribution in [3.8, 4) is 5.75 Å². The van der Waals surface area contributed by atoms with E-state index < -0.39 is 5.97 Å². The highest BCUT2D eigenvalue weighted by molar-refractivity contribution is 5.91. The largest absolute Gasteiger partial charge is 0.491 e. The first-order valence-electron chi connectivity index (χ1n) is 8.72. The van der Waals surface area contributed by atoms with Crippen molar-refractivity contribution in [2.24, 2.45) is 0 Å². The molecule has 0 unspecified atom stereocenters. The molecule has 25 heavy (non-hydrogen) atoms. The molecule has 0 aliphatic carbocycles. The summed E-state index contributed by atoms with van der Waals surface area (Å²) in [6.07, 6.45) is 3.03. The van der Waals surface area contributed by atoms with Crippen molar-refractivity contribution in [2.45, 2.75) is 51.7 Å². The molecule has 1 N–H and O–H groups in total. The van der Waals surface area contributed by atoms with Crippen LogP contribution in [0, 0.1) is 0 Å². The third-order valence-electron chi connectivity index (χ3n) is 4.25. The van der Waals surface area contributed by atoms with E-state index in [0.29, 0.717) is 17.9 Å². The number of hydrogen-bond donors (Lipinski definition) is 1. The number of nitrogens with one attached hydrogen (secondary N) is 1. The number of carbonyl (C=O) groups excluding carboxylic acids is 2. The highest BCUT2D eigenvalue weighted by atomic mass is 16.5. The topological polar surface area (TPSA) is 73.9 Å². The fourth-order valence-electron chi connectivity index (χ4n) is 2.37. The van der Waals surface area contributed by atoms with Gasteiger partial charge in [0.25, 0.3) is 5.91 Å². The summed E-state index contributed by atoms with van der Waals surface area (Å²) in [6, 6.07) is 6.68. The molecular formula is C19H27NO5. The Balaban J connectivity index is 1.76. The average Bonchev–Trinajstić information content (AvgIpc) is 3.11. The maximum Gasteiger partial charge on any atom is 0.338 e. The monoisotopic (exact) mass is 349 g/mol. The number of ether oxygens (including phenoxy) is 3. The van der Waals surface area contributed by atoms with Crippen LogP contribution in [0.4, 0.5) is 0 Å². The molecule has 1 heterocycles. The van der Waals surface area contributed by atoms with Crippen molar-refractivity contribution in [1.29, 1.82) is 0 Å². The van der Waals surface area contributed by atoms with Gasteiger partial charge in [-0.05, 0) is 57.4 Å². The first-order chi connectivity index (χ1) is 11.9. The van der Waals surface area contributed by atoms with E-state index in [1.54, 1.807) is 24.3 Å². The van der Waals surface area contributed by atoms with Gasteiger partial charge in [-0.3, -0.25) is 4.79 Å². The summed E-state index contributed by atoms with van der Waals surface area (Å²) in [6.45, 7) is 6.83. The highest BCUT2D eigenvalue weighted by Crippen LogP contribution is 2.17. The van der Waals surface area contributed by atoms with Crippen molar-refractivity contribution >= 4 is 11.9 Å². The lowest BCUT2D eigenvalue weighted by Gasteiger charge is -2.24. The molecule has 1 aliphatic heterocycles. The molecule has 6 nitrogen and oxygen atoms in total. The van der Waals surface area contributed by atoms with Gasteiger partial charge in [0.1, 0.15) is 12.4 Å². The maximum atomic E-state index is 12.0. The summed E-state index contributed by atoms with van der Waals surface area (Å²) >= 11 is 0. The van der Waals surface area contributed by atoms with Gasteiger partial charge in [0.2, 0.25) is 0 Å². The Bertz CT molecular complexity index is 576. The molecule has 1 fully saturated rings. The molecular weight excluding hydrogens is 322 g/mol. The SMILES string of the molecule is CCC(C)(C)NC(=O)COC(=O)c1ccc(OC[C@H]2CCCO2)cc1. The van der Waals surface area contributed by atoms with E-state index in [2.05, 4.69) is 5.32 Å². The van der Waals surface area contributed by atoms with Crippen LogP contribution in [-0.2, 0) is 14.3 Å². The van der Waals surface area contributed by atoms with E-state index in [-0.39, 0.29) is 24.2 Å². The molecule has 1 amide bonds. The molecule has 0 aromatic heterocycles. The molecule has 0 bridgehead atoms. The van der Waals surface area contributed by atoms with Crippen LogP contribution < -0.4 is 10.1 Å². The minimum Gasteiger partial charge on any atom is -0.491 e. The van der Waals surface area contributed by atoms with Gasteiger partial charge in [-0.15, -0.1) is 0 Å². The predicted octanol–water partition coefficient (Wildman–Crippen LogP) is 2.71. The van der Waals surface area contributed by atoms with Crippen molar-refractivity contribution < 1.29 is 23.8 Å². The standard InChI is InChI=1S/C19H27NO5/c1-4-19(2,3)20-17(21)13-25-18(22)14-7-9-15(10-8-14)24-12-16-6-5-11-23-16/h7-10,16H,4-6,11-13H2,1-3H3,(H,20,21)/t16-/m1/s1. The van der Waals surface area contributed by atoms with Crippen LogP contribution >= 0.6 is 0 Å². The van der Waals surface area contributed by atoms with Crippen LogP contribution in [0.5, 0.6) is 5.75 Å². The molecule has 1 atom stereocenters. The van der Waals surface area contributed by atoms with Gasteiger partial charge in [-0.1, -0.05) is 6.92 Å². The van der Waals surface area contributed by atoms with Crippen molar-refractivity contribution in [3.63, 3.8) is 0 Å². The Morgan fingerprint density at radius 1 is 1.28 bits per heavy atom. The zero-order valence-electron chi connectivity index (χ0n) is 15.2. The third kappa shape index (κ3) is 6.38. The average molecular weight is 349 g/mol. The summed E-state index contributed by atoms with van der Waals surface area (Å²) in [4.78, 5) is 23.8. The van der Waals surface area contributed by atoms with Gasteiger partial charge in [0.15, 0.2) is 6.61 Å². The van der Waals surface area contributed by atoms with Crippen LogP contribution in [0.25, 0.3) is 0 Å². The summed E-state index contributed by atoms with van der Waals surface area (Å²) in [5.41, 5.74) is 0.0675. The normalized spacial score (nSPS) is 17.2. The second-order valence-electron chi connectivity index (χ2n) is 6.83. The van der Waals surface area contributed by atoms with Gasteiger partial charge in [-0.2, -0.15) is 0 Å². The number of hydrogen-bond acceptors (Lipinski definition) is 5. The maximum absolute atomic E-state index is 12.0. The summed E-state index contributed by atoms with van der Waals surface area (Å²) in [7, 11) is 0. The van der Waals surface area contributed by atoms with Crippen LogP contribution in [0.2, 0.25) is 0 Å². The van der Waals surface area contributed by atoms with E-state index in [4.69, 9.17) is 14.2 Å². The molecule has 1 aromatic carbocycles. The molecule has 0 saturated carbocycles. The number of amides is 1. The minimum atomic E-state index is -0.532. The first-order valence-corrected chi connectivity index (χ1v) is 8.72. The summed E-state index contributed by atoms with van der Waals surface area (Å²) in [5.74, 6) is -0.165. The van der Waals surface area contributed by atoms with Crippen LogP contribution in [0.15, 0.2) is 24.3 Å². The van der Waals surface area contributed by atoms with Gasteiger partial charge in [0.05, 0.1) is 11.7 Å². The lowest BCUT2D eigenvalue weighted by atomic mass is 10.0. The molecule has 1 aliphatic rings. The molecule has 1 saturated heterocycles. The van der Waals surface area contributed by atoms with E-state index in [9.17, 15) is 9.59 Å². The quantitative estimate of drug-likeness (QED) is 0.731. The van der Waals surface area contributed by atoms with Gasteiger partial charge in [-0.25, -0.2) is 4.79 Å². The van der Waals surface area contributed by atoms with Gasteiger partial charge >= 0.3 is 5.97 Å². The lowest BCUT2D eigenvalue weighted by Crippen LogP contribution is -2.44. The molecule has 2 rings (SSSR count). The third-order valence-corrected chi connectivity index (χ3v) is 4.25. The molecule has 138 valence electrons. The lowest BCUT2D eigenvalue weighted by molar-refractivity contribution is -0.125. The Morgan fingerprint density at radius 2 is 2.00 bits per heavy atom. The Labute approximate surface area is 148 Å². The van der Waals surface area contributed by atoms with Crippen LogP contribution in [0.1, 0.15) is 50.4 Å². The van der Waals surface area contributed by atoms with Gasteiger partial charge in [0, 0.05) is 12.1 Å². The smallest absolute Gasteiger partial charge is 0.338 e. The van der Waals surface area contributed by atoms with Crippen molar-refractivity contribution in [3.05, 3.63) is 29.8 Å². The fraction of sp³-hybridized carbons (Fsp3) is 0.579. The number of carbonyl (C=O) groups is 2. The van der Waals surface area contributed by atoms with E-state index in [1.165, 1.54) is 0 Å². The molecule has 1 aromatic rings. The second kappa shape index (κ2) is 8.85. The molecule has 0 radical (unpaired) electrons. The number of esters is 1. The predicted molar refractivity (Wildman–Crippen MR) is 93.7 cm³/mol. The minimum absolute atomic E-state index is 0.149. The van der Waals surface area contributed by atoms with E-state index in [0.717, 1.165) is 25.9 Å². The van der Waals surface area contributed by atoms with E-state index in [1.807, 2.05) is 20.8 Å².